The summed E-state index contributed by atoms with van der Waals surface area (Å²) in [6.07, 6.45) is 0. The predicted octanol–water partition coefficient (Wildman–Crippen LogP) is 4.11. The van der Waals surface area contributed by atoms with Gasteiger partial charge < -0.3 is 16.4 Å². The Kier molecular flexibility index (Phi) is 4.62. The van der Waals surface area contributed by atoms with Gasteiger partial charge in [-0.25, -0.2) is 0 Å². The zero-order chi connectivity index (χ0) is 17.8. The number of hydrogen-bond donors (Lipinski definition) is 3. The lowest BCUT2D eigenvalue weighted by molar-refractivity contribution is -0.383. The minimum atomic E-state index is -0.625. The molecule has 0 fully saturated rings. The molecule has 0 saturated carbocycles. The van der Waals surface area contributed by atoms with Crippen molar-refractivity contribution in [2.75, 3.05) is 16.4 Å². The summed E-state index contributed by atoms with van der Waals surface area (Å²) in [4.78, 5) is 18.8. The lowest BCUT2D eigenvalue weighted by Gasteiger charge is -2.10. The molecule has 25 heavy (non-hydrogen) atoms. The number of nitrogen functional groups attached to an aromatic ring is 1. The minimum absolute atomic E-state index is 0.0155. The van der Waals surface area contributed by atoms with E-state index in [0.29, 0.717) is 10.7 Å². The van der Waals surface area contributed by atoms with Crippen molar-refractivity contribution < 1.29 is 4.92 Å². The number of aromatic nitrogens is 2. The second kappa shape index (κ2) is 7.02. The van der Waals surface area contributed by atoms with Gasteiger partial charge in [-0.15, -0.1) is 0 Å². The molecule has 0 spiro atoms. The number of anilines is 5. The summed E-state index contributed by atoms with van der Waals surface area (Å²) in [5.41, 5.74) is 6.68. The molecule has 0 unspecified atom stereocenters. The van der Waals surface area contributed by atoms with Crippen LogP contribution in [0.4, 0.5) is 34.6 Å². The molecule has 3 aromatic rings. The van der Waals surface area contributed by atoms with Crippen molar-refractivity contribution in [3.05, 3.63) is 69.7 Å². The van der Waals surface area contributed by atoms with Gasteiger partial charge in [-0.3, -0.25) is 10.1 Å². The molecule has 0 amide bonds. The van der Waals surface area contributed by atoms with E-state index in [1.54, 1.807) is 24.3 Å². The maximum atomic E-state index is 11.3. The Hall–Kier alpha value is -3.39. The van der Waals surface area contributed by atoms with E-state index in [4.69, 9.17) is 17.3 Å². The maximum absolute atomic E-state index is 11.3. The van der Waals surface area contributed by atoms with Gasteiger partial charge >= 0.3 is 5.69 Å². The van der Waals surface area contributed by atoms with Crippen molar-refractivity contribution in [1.29, 1.82) is 0 Å². The third-order valence-corrected chi connectivity index (χ3v) is 3.48. The fourth-order valence-corrected chi connectivity index (χ4v) is 2.24. The summed E-state index contributed by atoms with van der Waals surface area (Å²) < 4.78 is 0. The molecule has 1 aromatic heterocycles. The van der Waals surface area contributed by atoms with E-state index < -0.39 is 10.6 Å². The maximum Gasteiger partial charge on any atom is 0.353 e. The van der Waals surface area contributed by atoms with E-state index in [2.05, 4.69) is 20.6 Å². The van der Waals surface area contributed by atoms with Crippen LogP contribution in [0.5, 0.6) is 0 Å². The van der Waals surface area contributed by atoms with Crippen LogP contribution in [0.15, 0.2) is 54.6 Å². The topological polar surface area (TPSA) is 119 Å². The number of nitrogens with one attached hydrogen (secondary N) is 2. The summed E-state index contributed by atoms with van der Waals surface area (Å²) in [7, 11) is 0. The van der Waals surface area contributed by atoms with Gasteiger partial charge in [0, 0.05) is 16.4 Å². The minimum Gasteiger partial charge on any atom is -0.378 e. The molecule has 9 heteroatoms. The van der Waals surface area contributed by atoms with Crippen molar-refractivity contribution in [1.82, 2.24) is 9.97 Å². The van der Waals surface area contributed by atoms with Crippen molar-refractivity contribution >= 4 is 46.2 Å². The first kappa shape index (κ1) is 16.5. The van der Waals surface area contributed by atoms with Crippen molar-refractivity contribution in [2.45, 2.75) is 0 Å². The molecule has 8 nitrogen and oxygen atoms in total. The van der Waals surface area contributed by atoms with E-state index in [0.717, 1.165) is 5.69 Å². The molecule has 2 aromatic carbocycles. The highest BCUT2D eigenvalue weighted by molar-refractivity contribution is 6.30. The van der Waals surface area contributed by atoms with Crippen LogP contribution in [0.2, 0.25) is 5.02 Å². The normalized spacial score (nSPS) is 10.3. The van der Waals surface area contributed by atoms with Crippen LogP contribution in [-0.4, -0.2) is 14.9 Å². The van der Waals surface area contributed by atoms with Crippen LogP contribution >= 0.6 is 11.6 Å². The van der Waals surface area contributed by atoms with E-state index >= 15 is 0 Å². The molecular formula is C16H13ClN6O2. The number of nitro groups is 1. The van der Waals surface area contributed by atoms with Gasteiger partial charge in [-0.2, -0.15) is 9.97 Å². The fourth-order valence-electron chi connectivity index (χ4n) is 2.12. The quantitative estimate of drug-likeness (QED) is 0.465. The van der Waals surface area contributed by atoms with Gasteiger partial charge in [0.25, 0.3) is 0 Å². The van der Waals surface area contributed by atoms with Crippen molar-refractivity contribution in [3.8, 4) is 0 Å². The van der Waals surface area contributed by atoms with Crippen molar-refractivity contribution in [2.24, 2.45) is 0 Å². The number of hydrogen-bond acceptors (Lipinski definition) is 7. The number of rotatable bonds is 5. The van der Waals surface area contributed by atoms with E-state index in [9.17, 15) is 10.1 Å². The molecule has 0 radical (unpaired) electrons. The molecule has 3 rings (SSSR count). The Bertz CT molecular complexity index is 903. The van der Waals surface area contributed by atoms with Crippen LogP contribution in [0.3, 0.4) is 0 Å². The van der Waals surface area contributed by atoms with Gasteiger partial charge in [0.05, 0.1) is 4.92 Å². The largest absolute Gasteiger partial charge is 0.378 e. The molecule has 4 N–H and O–H groups in total. The zero-order valence-electron chi connectivity index (χ0n) is 12.8. The standard InChI is InChI=1S/C16H13ClN6O2/c17-10-6-8-12(9-7-10)19-15-13(23(24)25)14(18)21-16(22-15)20-11-4-2-1-3-5-11/h1-9H,(H4,18,19,20,21,22). The van der Waals surface area contributed by atoms with Crippen LogP contribution in [0.25, 0.3) is 0 Å². The second-order valence-electron chi connectivity index (χ2n) is 5.01. The Morgan fingerprint density at radius 3 is 2.24 bits per heavy atom. The summed E-state index contributed by atoms with van der Waals surface area (Å²) in [6, 6.07) is 15.8. The SMILES string of the molecule is Nc1nc(Nc2ccccc2)nc(Nc2ccc(Cl)cc2)c1[N+](=O)[O-]. The Morgan fingerprint density at radius 2 is 1.60 bits per heavy atom. The van der Waals surface area contributed by atoms with Gasteiger partial charge in [0.1, 0.15) is 0 Å². The first-order chi connectivity index (χ1) is 12.0. The van der Waals surface area contributed by atoms with Crippen molar-refractivity contribution in [3.63, 3.8) is 0 Å². The summed E-state index contributed by atoms with van der Waals surface area (Å²) in [5.74, 6) is -0.112. The first-order valence-electron chi connectivity index (χ1n) is 7.19. The van der Waals surface area contributed by atoms with Gasteiger partial charge in [-0.1, -0.05) is 29.8 Å². The third-order valence-electron chi connectivity index (χ3n) is 3.23. The highest BCUT2D eigenvalue weighted by atomic mass is 35.5. The third kappa shape index (κ3) is 3.93. The van der Waals surface area contributed by atoms with E-state index in [1.807, 2.05) is 30.3 Å². The van der Waals surface area contributed by atoms with Crippen LogP contribution in [0.1, 0.15) is 0 Å². The lowest BCUT2D eigenvalue weighted by atomic mass is 10.3. The fraction of sp³-hybridized carbons (Fsp3) is 0. The molecular weight excluding hydrogens is 344 g/mol. The number of nitrogens with zero attached hydrogens (tertiary/aromatic N) is 3. The average molecular weight is 357 g/mol. The highest BCUT2D eigenvalue weighted by Crippen LogP contribution is 2.32. The Morgan fingerprint density at radius 1 is 0.960 bits per heavy atom. The molecule has 1 heterocycles. The van der Waals surface area contributed by atoms with Crippen LogP contribution < -0.4 is 16.4 Å². The van der Waals surface area contributed by atoms with Crippen LogP contribution in [0, 0.1) is 10.1 Å². The Balaban J connectivity index is 1.98. The second-order valence-corrected chi connectivity index (χ2v) is 5.45. The smallest absolute Gasteiger partial charge is 0.353 e. The molecule has 0 aliphatic carbocycles. The molecule has 0 atom stereocenters. The monoisotopic (exact) mass is 356 g/mol. The average Bonchev–Trinajstić information content (AvgIpc) is 2.57. The lowest BCUT2D eigenvalue weighted by Crippen LogP contribution is -2.08. The zero-order valence-corrected chi connectivity index (χ0v) is 13.6. The van der Waals surface area contributed by atoms with Gasteiger partial charge in [-0.05, 0) is 36.4 Å². The number of halogens is 1. The van der Waals surface area contributed by atoms with E-state index in [-0.39, 0.29) is 17.6 Å². The molecule has 126 valence electrons. The number of para-hydroxylation sites is 1. The summed E-state index contributed by atoms with van der Waals surface area (Å²) in [6.45, 7) is 0. The molecule has 0 aliphatic heterocycles. The van der Waals surface area contributed by atoms with Gasteiger partial charge in [0.2, 0.25) is 17.6 Å². The van der Waals surface area contributed by atoms with E-state index in [1.165, 1.54) is 0 Å². The number of benzene rings is 2. The number of nitrogens with two attached hydrogens (primary N) is 1. The molecule has 0 aliphatic rings. The highest BCUT2D eigenvalue weighted by Gasteiger charge is 2.23. The predicted molar refractivity (Wildman–Crippen MR) is 97.6 cm³/mol. The summed E-state index contributed by atoms with van der Waals surface area (Å²) >= 11 is 5.85. The Labute approximate surface area is 147 Å². The van der Waals surface area contributed by atoms with Crippen LogP contribution in [-0.2, 0) is 0 Å². The first-order valence-corrected chi connectivity index (χ1v) is 7.57. The molecule has 0 bridgehead atoms. The molecule has 0 saturated heterocycles. The van der Waals surface area contributed by atoms with Gasteiger partial charge in [0.15, 0.2) is 0 Å². The summed E-state index contributed by atoms with van der Waals surface area (Å²) in [5, 5.41) is 17.7.